The van der Waals surface area contributed by atoms with Gasteiger partial charge < -0.3 is 20.2 Å². The van der Waals surface area contributed by atoms with Crippen LogP contribution >= 0.6 is 0 Å². The number of likely N-dealkylation sites (N-methyl/N-ethyl adjacent to an activating group) is 1. The lowest BCUT2D eigenvalue weighted by Crippen LogP contribution is -2.38. The number of benzene rings is 1. The predicted molar refractivity (Wildman–Crippen MR) is 81.8 cm³/mol. The third-order valence-corrected chi connectivity index (χ3v) is 3.58. The zero-order chi connectivity index (χ0) is 15.2. The summed E-state index contributed by atoms with van der Waals surface area (Å²) >= 11 is 0. The predicted octanol–water partition coefficient (Wildman–Crippen LogP) is 2.23. The van der Waals surface area contributed by atoms with Gasteiger partial charge in [-0.05, 0) is 44.0 Å². The van der Waals surface area contributed by atoms with Gasteiger partial charge in [-0.15, -0.1) is 0 Å². The van der Waals surface area contributed by atoms with Gasteiger partial charge in [0.2, 0.25) is 0 Å². The molecule has 1 aliphatic rings. The second-order valence-corrected chi connectivity index (χ2v) is 5.08. The summed E-state index contributed by atoms with van der Waals surface area (Å²) in [5.41, 5.74) is 1.83. The summed E-state index contributed by atoms with van der Waals surface area (Å²) in [5, 5.41) is 11.5. The molecule has 114 valence electrons. The Labute approximate surface area is 124 Å². The fourth-order valence-corrected chi connectivity index (χ4v) is 2.42. The van der Waals surface area contributed by atoms with E-state index in [1.165, 1.54) is 17.7 Å². The first-order chi connectivity index (χ1) is 10.1. The number of carbonyl (C=O) groups excluding carboxylic acids is 1. The molecule has 1 aromatic carbocycles. The first kappa shape index (κ1) is 15.2. The molecule has 0 atom stereocenters. The molecule has 1 heterocycles. The van der Waals surface area contributed by atoms with E-state index < -0.39 is 12.0 Å². The van der Waals surface area contributed by atoms with Gasteiger partial charge in [-0.2, -0.15) is 0 Å². The number of nitrogens with one attached hydrogen (secondary N) is 1. The largest absolute Gasteiger partial charge is 0.480 e. The van der Waals surface area contributed by atoms with Crippen LogP contribution in [0.5, 0.6) is 0 Å². The van der Waals surface area contributed by atoms with E-state index in [4.69, 9.17) is 5.11 Å². The lowest BCUT2D eigenvalue weighted by molar-refractivity contribution is -0.137. The Morgan fingerprint density at radius 2 is 1.86 bits per heavy atom. The van der Waals surface area contributed by atoms with Crippen LogP contribution in [0.4, 0.5) is 16.2 Å². The van der Waals surface area contributed by atoms with Crippen molar-refractivity contribution in [2.45, 2.75) is 19.8 Å². The number of anilines is 2. The Kier molecular flexibility index (Phi) is 5.03. The van der Waals surface area contributed by atoms with Crippen LogP contribution in [0.1, 0.15) is 19.8 Å². The third kappa shape index (κ3) is 4.11. The van der Waals surface area contributed by atoms with Crippen molar-refractivity contribution in [3.8, 4) is 0 Å². The number of aliphatic carboxylic acids is 1. The normalized spacial score (nSPS) is 14.0. The van der Waals surface area contributed by atoms with Crippen molar-refractivity contribution in [3.05, 3.63) is 24.3 Å². The second-order valence-electron chi connectivity index (χ2n) is 5.08. The van der Waals surface area contributed by atoms with Gasteiger partial charge in [-0.25, -0.2) is 4.79 Å². The van der Waals surface area contributed by atoms with E-state index in [-0.39, 0.29) is 6.54 Å². The van der Waals surface area contributed by atoms with Crippen LogP contribution in [-0.4, -0.2) is 48.2 Å². The highest BCUT2D eigenvalue weighted by Crippen LogP contribution is 2.22. The van der Waals surface area contributed by atoms with Crippen LogP contribution in [0, 0.1) is 0 Å². The van der Waals surface area contributed by atoms with Crippen molar-refractivity contribution in [1.82, 2.24) is 4.90 Å². The van der Waals surface area contributed by atoms with Gasteiger partial charge in [0.25, 0.3) is 0 Å². The summed E-state index contributed by atoms with van der Waals surface area (Å²) in [6.07, 6.45) is 2.44. The second kappa shape index (κ2) is 6.97. The van der Waals surface area contributed by atoms with Gasteiger partial charge in [0, 0.05) is 31.0 Å². The standard InChI is InChI=1S/C15H21N3O3/c1-2-17(11-14(19)20)15(21)16-12-5-7-13(8-6-12)18-9-3-4-10-18/h5-8H,2-4,9-11H2,1H3,(H,16,21)(H,19,20). The Balaban J connectivity index is 1.95. The highest BCUT2D eigenvalue weighted by atomic mass is 16.4. The molecular weight excluding hydrogens is 270 g/mol. The minimum absolute atomic E-state index is 0.297. The number of carbonyl (C=O) groups is 2. The molecule has 21 heavy (non-hydrogen) atoms. The van der Waals surface area contributed by atoms with Crippen LogP contribution in [0.15, 0.2) is 24.3 Å². The van der Waals surface area contributed by atoms with Crippen LogP contribution in [0.3, 0.4) is 0 Å². The maximum atomic E-state index is 12.0. The van der Waals surface area contributed by atoms with Crippen molar-refractivity contribution >= 4 is 23.4 Å². The van der Waals surface area contributed by atoms with E-state index in [0.29, 0.717) is 12.2 Å². The average Bonchev–Trinajstić information content (AvgIpc) is 2.99. The lowest BCUT2D eigenvalue weighted by atomic mass is 10.2. The topological polar surface area (TPSA) is 72.9 Å². The number of carboxylic acid groups (broad SMARTS) is 1. The number of carboxylic acids is 1. The average molecular weight is 291 g/mol. The molecule has 6 nitrogen and oxygen atoms in total. The number of hydrogen-bond acceptors (Lipinski definition) is 3. The third-order valence-electron chi connectivity index (χ3n) is 3.58. The molecule has 0 unspecified atom stereocenters. The Morgan fingerprint density at radius 1 is 1.24 bits per heavy atom. The van der Waals surface area contributed by atoms with E-state index in [0.717, 1.165) is 18.8 Å². The fraction of sp³-hybridized carbons (Fsp3) is 0.467. The van der Waals surface area contributed by atoms with Crippen molar-refractivity contribution in [1.29, 1.82) is 0 Å². The van der Waals surface area contributed by atoms with Crippen molar-refractivity contribution < 1.29 is 14.7 Å². The van der Waals surface area contributed by atoms with E-state index in [1.54, 1.807) is 6.92 Å². The molecule has 0 spiro atoms. The number of urea groups is 1. The first-order valence-corrected chi connectivity index (χ1v) is 7.23. The molecule has 2 N–H and O–H groups in total. The zero-order valence-electron chi connectivity index (χ0n) is 12.2. The molecule has 0 aliphatic carbocycles. The Bertz CT molecular complexity index is 495. The molecule has 6 heteroatoms. The number of hydrogen-bond donors (Lipinski definition) is 2. The van der Waals surface area contributed by atoms with E-state index in [1.807, 2.05) is 24.3 Å². The highest BCUT2D eigenvalue weighted by molar-refractivity contribution is 5.91. The summed E-state index contributed by atoms with van der Waals surface area (Å²) in [6.45, 7) is 3.96. The minimum atomic E-state index is -1.02. The summed E-state index contributed by atoms with van der Waals surface area (Å²) in [5.74, 6) is -1.02. The Hall–Kier alpha value is -2.24. The van der Waals surface area contributed by atoms with Crippen molar-refractivity contribution in [3.63, 3.8) is 0 Å². The van der Waals surface area contributed by atoms with Gasteiger partial charge in [0.05, 0.1) is 0 Å². The SMILES string of the molecule is CCN(CC(=O)O)C(=O)Nc1ccc(N2CCCC2)cc1. The molecule has 0 bridgehead atoms. The van der Waals surface area contributed by atoms with E-state index >= 15 is 0 Å². The van der Waals surface area contributed by atoms with E-state index in [2.05, 4.69) is 10.2 Å². The molecule has 1 fully saturated rings. The molecule has 0 aromatic heterocycles. The van der Waals surface area contributed by atoms with Crippen LogP contribution in [-0.2, 0) is 4.79 Å². The van der Waals surface area contributed by atoms with Gasteiger partial charge in [-0.1, -0.05) is 0 Å². The molecule has 0 radical (unpaired) electrons. The molecular formula is C15H21N3O3. The van der Waals surface area contributed by atoms with Gasteiger partial charge in [0.1, 0.15) is 6.54 Å². The van der Waals surface area contributed by atoms with Crippen molar-refractivity contribution in [2.75, 3.05) is 36.4 Å². The van der Waals surface area contributed by atoms with Gasteiger partial charge >= 0.3 is 12.0 Å². The number of rotatable bonds is 5. The van der Waals surface area contributed by atoms with Crippen LogP contribution in [0.2, 0.25) is 0 Å². The lowest BCUT2D eigenvalue weighted by Gasteiger charge is -2.20. The molecule has 2 amide bonds. The Morgan fingerprint density at radius 3 is 2.38 bits per heavy atom. The molecule has 1 saturated heterocycles. The summed E-state index contributed by atoms with van der Waals surface area (Å²) < 4.78 is 0. The van der Waals surface area contributed by atoms with Crippen molar-refractivity contribution in [2.24, 2.45) is 0 Å². The van der Waals surface area contributed by atoms with Crippen LogP contribution < -0.4 is 10.2 Å². The smallest absolute Gasteiger partial charge is 0.323 e. The summed E-state index contributed by atoms with van der Waals surface area (Å²) in [6, 6.07) is 7.26. The minimum Gasteiger partial charge on any atom is -0.480 e. The molecule has 2 rings (SSSR count). The summed E-state index contributed by atoms with van der Waals surface area (Å²) in [7, 11) is 0. The van der Waals surface area contributed by atoms with Crippen LogP contribution in [0.25, 0.3) is 0 Å². The highest BCUT2D eigenvalue weighted by Gasteiger charge is 2.15. The summed E-state index contributed by atoms with van der Waals surface area (Å²) in [4.78, 5) is 26.2. The first-order valence-electron chi connectivity index (χ1n) is 7.23. The fourth-order valence-electron chi connectivity index (χ4n) is 2.42. The maximum Gasteiger partial charge on any atom is 0.323 e. The van der Waals surface area contributed by atoms with E-state index in [9.17, 15) is 9.59 Å². The van der Waals surface area contributed by atoms with Gasteiger partial charge in [0.15, 0.2) is 0 Å². The van der Waals surface area contributed by atoms with Gasteiger partial charge in [-0.3, -0.25) is 4.79 Å². The number of nitrogens with zero attached hydrogens (tertiary/aromatic N) is 2. The maximum absolute atomic E-state index is 12.0. The zero-order valence-corrected chi connectivity index (χ0v) is 12.2. The molecule has 1 aliphatic heterocycles. The monoisotopic (exact) mass is 291 g/mol. The molecule has 0 saturated carbocycles. The molecule has 1 aromatic rings. The quantitative estimate of drug-likeness (QED) is 0.872. The number of amides is 2.